The number of furan rings is 2. The molecule has 7 aromatic carbocycles. The number of benzene rings is 7. The van der Waals surface area contributed by atoms with Crippen LogP contribution in [0.1, 0.15) is 11.1 Å². The lowest BCUT2D eigenvalue weighted by Crippen LogP contribution is -2.37. The van der Waals surface area contributed by atoms with Crippen LogP contribution in [0.15, 0.2) is 202 Å². The van der Waals surface area contributed by atoms with Crippen molar-refractivity contribution in [1.82, 2.24) is 5.32 Å². The summed E-state index contributed by atoms with van der Waals surface area (Å²) in [6.45, 7) is 0. The van der Waals surface area contributed by atoms with Crippen LogP contribution in [0.2, 0.25) is 0 Å². The second kappa shape index (κ2) is 12.6. The van der Waals surface area contributed by atoms with Gasteiger partial charge in [-0.3, -0.25) is 0 Å². The molecule has 0 radical (unpaired) electrons. The molecule has 9 aromatic rings. The maximum Gasteiger partial charge on any atom is 0.160 e. The first-order chi connectivity index (χ1) is 27.3. The summed E-state index contributed by atoms with van der Waals surface area (Å²) in [4.78, 5) is 7.61. The number of rotatable bonds is 6. The molecule has 0 saturated carbocycles. The quantitative estimate of drug-likeness (QED) is 0.187. The minimum atomic E-state index is -0.0587. The van der Waals surface area contributed by atoms with Gasteiger partial charge in [0.1, 0.15) is 16.7 Å². The van der Waals surface area contributed by atoms with Crippen molar-refractivity contribution in [2.45, 2.75) is 6.04 Å². The lowest BCUT2D eigenvalue weighted by atomic mass is 9.94. The average molecular weight is 708 g/mol. The van der Waals surface area contributed by atoms with Crippen molar-refractivity contribution in [3.05, 3.63) is 199 Å². The molecule has 3 heterocycles. The van der Waals surface area contributed by atoms with E-state index in [2.05, 4.69) is 162 Å². The number of fused-ring (bicyclic) bond motifs is 7. The van der Waals surface area contributed by atoms with Crippen LogP contribution in [-0.2, 0) is 0 Å². The fourth-order valence-corrected chi connectivity index (χ4v) is 8.09. The monoisotopic (exact) mass is 707 g/mol. The van der Waals surface area contributed by atoms with E-state index in [0.29, 0.717) is 0 Å². The van der Waals surface area contributed by atoms with Gasteiger partial charge in [0.05, 0.1) is 34.5 Å². The predicted octanol–water partition coefficient (Wildman–Crippen LogP) is 13.0. The molecule has 11 rings (SSSR count). The van der Waals surface area contributed by atoms with Crippen LogP contribution >= 0.6 is 0 Å². The van der Waals surface area contributed by atoms with Gasteiger partial charge in [-0.1, -0.05) is 127 Å². The third-order valence-corrected chi connectivity index (χ3v) is 10.7. The third-order valence-electron chi connectivity index (χ3n) is 10.7. The van der Waals surface area contributed by atoms with Gasteiger partial charge < -0.3 is 19.1 Å². The number of nitrogens with one attached hydrogen (secondary N) is 1. The van der Waals surface area contributed by atoms with Gasteiger partial charge in [-0.15, -0.1) is 0 Å². The Hall–Kier alpha value is -7.37. The van der Waals surface area contributed by atoms with E-state index in [1.807, 2.05) is 36.4 Å². The second-order valence-electron chi connectivity index (χ2n) is 14.0. The smallest absolute Gasteiger partial charge is 0.160 e. The first kappa shape index (κ1) is 31.2. The molecule has 2 aliphatic rings. The molecule has 5 nitrogen and oxygen atoms in total. The van der Waals surface area contributed by atoms with Gasteiger partial charge in [-0.2, -0.15) is 0 Å². The summed E-state index contributed by atoms with van der Waals surface area (Å²) in [7, 11) is 0. The van der Waals surface area contributed by atoms with Gasteiger partial charge in [-0.25, -0.2) is 4.99 Å². The lowest BCUT2D eigenvalue weighted by Gasteiger charge is -2.29. The van der Waals surface area contributed by atoms with E-state index < -0.39 is 0 Å². The molecular weight excluding hydrogens is 675 g/mol. The number of hydrogen-bond acceptors (Lipinski definition) is 5. The molecule has 1 aliphatic carbocycles. The molecule has 5 heteroatoms. The lowest BCUT2D eigenvalue weighted by molar-refractivity contribution is 0.667. The largest absolute Gasteiger partial charge is 0.456 e. The highest BCUT2D eigenvalue weighted by Crippen LogP contribution is 2.47. The fourth-order valence-electron chi connectivity index (χ4n) is 8.09. The fraction of sp³-hybridized carbons (Fsp3) is 0.0200. The van der Waals surface area contributed by atoms with Gasteiger partial charge in [0.2, 0.25) is 0 Å². The maximum atomic E-state index is 6.91. The van der Waals surface area contributed by atoms with Crippen molar-refractivity contribution in [3.63, 3.8) is 0 Å². The van der Waals surface area contributed by atoms with E-state index >= 15 is 0 Å². The summed E-state index contributed by atoms with van der Waals surface area (Å²) < 4.78 is 13.3. The average Bonchev–Trinajstić information content (AvgIpc) is 3.83. The van der Waals surface area contributed by atoms with E-state index in [4.69, 9.17) is 13.8 Å². The predicted molar refractivity (Wildman–Crippen MR) is 227 cm³/mol. The number of hydrogen-bond donors (Lipinski definition) is 1. The zero-order valence-electron chi connectivity index (χ0n) is 29.7. The van der Waals surface area contributed by atoms with Gasteiger partial charge >= 0.3 is 0 Å². The Morgan fingerprint density at radius 2 is 1.20 bits per heavy atom. The van der Waals surface area contributed by atoms with Gasteiger partial charge in [0, 0.05) is 44.4 Å². The first-order valence-corrected chi connectivity index (χ1v) is 18.6. The van der Waals surface area contributed by atoms with Crippen LogP contribution in [0, 0.1) is 0 Å². The topological polar surface area (TPSA) is 53.9 Å². The Bertz CT molecular complexity index is 3060. The van der Waals surface area contributed by atoms with Crippen molar-refractivity contribution in [3.8, 4) is 11.1 Å². The second-order valence-corrected chi connectivity index (χ2v) is 14.0. The van der Waals surface area contributed by atoms with Crippen molar-refractivity contribution in [1.29, 1.82) is 0 Å². The maximum absolute atomic E-state index is 6.91. The molecule has 1 unspecified atom stereocenters. The highest BCUT2D eigenvalue weighted by molar-refractivity contribution is 6.18. The minimum absolute atomic E-state index is 0.0587. The number of allylic oxidation sites excluding steroid dienone is 2. The number of nitrogens with zero attached hydrogens (tertiary/aromatic N) is 2. The van der Waals surface area contributed by atoms with Crippen molar-refractivity contribution in [2.75, 3.05) is 4.90 Å². The Labute approximate surface area is 317 Å². The number of para-hydroxylation sites is 3. The summed E-state index contributed by atoms with van der Waals surface area (Å²) in [5.74, 6) is 0. The third kappa shape index (κ3) is 5.20. The summed E-state index contributed by atoms with van der Waals surface area (Å²) in [5.41, 5.74) is 13.4. The molecule has 1 atom stereocenters. The van der Waals surface area contributed by atoms with Crippen LogP contribution in [-0.4, -0.2) is 11.8 Å². The van der Waals surface area contributed by atoms with Crippen LogP contribution in [0.5, 0.6) is 0 Å². The minimum Gasteiger partial charge on any atom is -0.456 e. The van der Waals surface area contributed by atoms with Crippen LogP contribution < -0.4 is 10.2 Å². The van der Waals surface area contributed by atoms with Gasteiger partial charge in [0.15, 0.2) is 5.58 Å². The molecule has 0 fully saturated rings. The molecule has 260 valence electrons. The first-order valence-electron chi connectivity index (χ1n) is 18.6. The number of aliphatic imine (C=N–C) groups is 1. The highest BCUT2D eigenvalue weighted by atomic mass is 16.3. The van der Waals surface area contributed by atoms with Crippen LogP contribution in [0.3, 0.4) is 0 Å². The summed E-state index contributed by atoms with van der Waals surface area (Å²) in [6, 6.07) is 56.9. The summed E-state index contributed by atoms with van der Waals surface area (Å²) >= 11 is 0. The van der Waals surface area contributed by atoms with Crippen LogP contribution in [0.25, 0.3) is 66.4 Å². The van der Waals surface area contributed by atoms with Crippen LogP contribution in [0.4, 0.5) is 17.1 Å². The van der Waals surface area contributed by atoms with E-state index in [1.54, 1.807) is 0 Å². The van der Waals surface area contributed by atoms with E-state index in [0.717, 1.165) is 94.7 Å². The summed E-state index contributed by atoms with van der Waals surface area (Å²) in [5, 5.41) is 8.15. The molecule has 2 aromatic heterocycles. The molecule has 0 saturated heterocycles. The molecule has 0 bridgehead atoms. The zero-order chi connectivity index (χ0) is 36.3. The molecular formula is C50H33N3O2. The Balaban J connectivity index is 1.14. The Morgan fingerprint density at radius 1 is 0.527 bits per heavy atom. The van der Waals surface area contributed by atoms with E-state index in [1.165, 1.54) is 5.56 Å². The van der Waals surface area contributed by atoms with E-state index in [9.17, 15) is 0 Å². The summed E-state index contributed by atoms with van der Waals surface area (Å²) in [6.07, 6.45) is 8.39. The van der Waals surface area contributed by atoms with Crippen molar-refractivity contribution >= 4 is 78.0 Å². The molecule has 1 aliphatic heterocycles. The molecule has 0 amide bonds. The Morgan fingerprint density at radius 3 is 2.02 bits per heavy atom. The number of anilines is 3. The highest BCUT2D eigenvalue weighted by Gasteiger charge is 2.29. The van der Waals surface area contributed by atoms with E-state index in [-0.39, 0.29) is 6.04 Å². The molecule has 55 heavy (non-hydrogen) atoms. The van der Waals surface area contributed by atoms with Crippen molar-refractivity contribution < 1.29 is 8.83 Å². The van der Waals surface area contributed by atoms with Gasteiger partial charge in [-0.05, 0) is 65.7 Å². The molecule has 0 spiro atoms. The van der Waals surface area contributed by atoms with Crippen molar-refractivity contribution in [2.24, 2.45) is 4.99 Å². The van der Waals surface area contributed by atoms with Gasteiger partial charge in [0.25, 0.3) is 0 Å². The Kier molecular flexibility index (Phi) is 7.17. The normalized spacial score (nSPS) is 15.1. The zero-order valence-corrected chi connectivity index (χ0v) is 29.7. The standard InChI is InChI=1S/C50H33N3O2/c1-3-13-32(14-4-1)33-23-25-34(26-24-33)48-49(52-42-20-10-9-19-41(42)51-48)40-29-30-43(50-47(40)39-18-8-12-22-45(39)55-50)53(35-15-5-2-6-16-35)36-27-28-38-37-17-7-11-21-44(37)54-46(38)31-36/h1-31,42,52H. The molecule has 1 N–H and O–H groups in total. The SMILES string of the molecule is C1=CC2=NC(c3ccc(-c4ccccc4)cc3)=C(c3ccc(N(c4ccccc4)c4ccc5c(c4)oc4ccccc45)c4oc5ccccc5c34)NC2C=C1.